The summed E-state index contributed by atoms with van der Waals surface area (Å²) in [6, 6.07) is 21.0. The summed E-state index contributed by atoms with van der Waals surface area (Å²) in [6.45, 7) is 12.4. The third-order valence-electron chi connectivity index (χ3n) is 8.56. The summed E-state index contributed by atoms with van der Waals surface area (Å²) >= 11 is 3.62. The van der Waals surface area contributed by atoms with E-state index in [0.717, 1.165) is 12.8 Å². The van der Waals surface area contributed by atoms with Gasteiger partial charge >= 0.3 is 0 Å². The zero-order valence-corrected chi connectivity index (χ0v) is 25.0. The molecule has 0 bridgehead atoms. The first-order valence-corrected chi connectivity index (χ1v) is 16.0. The Balaban J connectivity index is 1.57. The maximum absolute atomic E-state index is 13.1. The number of epoxide rings is 1. The van der Waals surface area contributed by atoms with Crippen LogP contribution in [0.3, 0.4) is 0 Å². The lowest BCUT2D eigenvalue weighted by Crippen LogP contribution is -2.67. The van der Waals surface area contributed by atoms with Gasteiger partial charge in [-0.1, -0.05) is 95.3 Å². The maximum Gasteiger partial charge on any atom is 0.261 e. The van der Waals surface area contributed by atoms with Gasteiger partial charge in [0.2, 0.25) is 11.6 Å². The summed E-state index contributed by atoms with van der Waals surface area (Å²) < 4.78 is 26.7. The number of hydrogen-bond donors (Lipinski definition) is 0. The standard InChI is InChI=1S/C30H37BrO5Si/c1-6-29(7-2)19-33-30(34-20-29)23(24(31)25(32)26-27(30)36-26)18-35-37(28(3,4)5,21-14-10-8-11-15-21)22-16-12-9-13-17-22/h8-17,26-27H,6-7,18-20H2,1-5H3/t26-,27-/m1/s1. The fourth-order valence-corrected chi connectivity index (χ4v) is 11.0. The molecule has 0 saturated carbocycles. The first kappa shape index (κ1) is 27.0. The van der Waals surface area contributed by atoms with Gasteiger partial charge in [0.05, 0.1) is 24.3 Å². The normalized spacial score (nSPS) is 24.8. The first-order valence-electron chi connectivity index (χ1n) is 13.3. The van der Waals surface area contributed by atoms with Crippen molar-refractivity contribution in [2.24, 2.45) is 5.41 Å². The fraction of sp³-hybridized carbons (Fsp3) is 0.500. The molecule has 198 valence electrons. The Bertz CT molecular complexity index is 1120. The smallest absolute Gasteiger partial charge is 0.261 e. The van der Waals surface area contributed by atoms with Gasteiger partial charge in [-0.05, 0) is 44.2 Å². The minimum atomic E-state index is -2.83. The largest absolute Gasteiger partial charge is 0.403 e. The molecule has 37 heavy (non-hydrogen) atoms. The van der Waals surface area contributed by atoms with Crippen molar-refractivity contribution in [3.63, 3.8) is 0 Å². The van der Waals surface area contributed by atoms with E-state index in [9.17, 15) is 4.79 Å². The van der Waals surface area contributed by atoms with Crippen LogP contribution in [0, 0.1) is 5.41 Å². The van der Waals surface area contributed by atoms with Crippen molar-refractivity contribution in [2.45, 2.75) is 70.5 Å². The molecule has 0 aromatic heterocycles. The second-order valence-electron chi connectivity index (χ2n) is 11.5. The van der Waals surface area contributed by atoms with E-state index in [1.165, 1.54) is 10.4 Å². The van der Waals surface area contributed by atoms with Crippen LogP contribution in [0.15, 0.2) is 70.7 Å². The summed E-state index contributed by atoms with van der Waals surface area (Å²) in [4.78, 5) is 13.1. The molecule has 1 aliphatic carbocycles. The van der Waals surface area contributed by atoms with Gasteiger partial charge in [-0.25, -0.2) is 0 Å². The van der Waals surface area contributed by atoms with E-state index < -0.39 is 26.3 Å². The monoisotopic (exact) mass is 584 g/mol. The third-order valence-corrected chi connectivity index (χ3v) is 14.4. The van der Waals surface area contributed by atoms with E-state index in [1.807, 2.05) is 12.1 Å². The van der Waals surface area contributed by atoms with Crippen LogP contribution in [-0.2, 0) is 23.4 Å². The van der Waals surface area contributed by atoms with Gasteiger partial charge in [0.15, 0.2) is 12.2 Å². The van der Waals surface area contributed by atoms with Gasteiger partial charge < -0.3 is 18.6 Å². The number of Topliss-reactive ketones (excluding diaryl/α,β-unsaturated/α-hetero) is 1. The Morgan fingerprint density at radius 1 is 0.946 bits per heavy atom. The molecule has 0 amide bonds. The number of benzene rings is 2. The van der Waals surface area contributed by atoms with E-state index in [-0.39, 0.29) is 22.8 Å². The maximum atomic E-state index is 13.1. The van der Waals surface area contributed by atoms with Crippen LogP contribution < -0.4 is 10.4 Å². The van der Waals surface area contributed by atoms with Gasteiger partial charge in [-0.15, -0.1) is 0 Å². The van der Waals surface area contributed by atoms with Gasteiger partial charge in [-0.3, -0.25) is 4.79 Å². The Hall–Kier alpha value is -1.61. The molecule has 5 rings (SSSR count). The predicted octanol–water partition coefficient (Wildman–Crippen LogP) is 5.11. The minimum Gasteiger partial charge on any atom is -0.403 e. The van der Waals surface area contributed by atoms with Crippen molar-refractivity contribution in [2.75, 3.05) is 19.8 Å². The average Bonchev–Trinajstić information content (AvgIpc) is 3.73. The van der Waals surface area contributed by atoms with Crippen LogP contribution >= 0.6 is 15.9 Å². The summed E-state index contributed by atoms with van der Waals surface area (Å²) in [7, 11) is -2.83. The number of ether oxygens (including phenoxy) is 3. The highest BCUT2D eigenvalue weighted by molar-refractivity contribution is 9.12. The molecule has 2 saturated heterocycles. The Morgan fingerprint density at radius 2 is 1.46 bits per heavy atom. The highest BCUT2D eigenvalue weighted by Gasteiger charge is 2.68. The topological polar surface area (TPSA) is 57.3 Å². The molecule has 2 aromatic carbocycles. The van der Waals surface area contributed by atoms with Crippen LogP contribution in [0.4, 0.5) is 0 Å². The van der Waals surface area contributed by atoms with Crippen LogP contribution in [0.1, 0.15) is 47.5 Å². The number of ketones is 1. The highest BCUT2D eigenvalue weighted by atomic mass is 79.9. The molecule has 2 fully saturated rings. The Morgan fingerprint density at radius 3 is 1.92 bits per heavy atom. The number of halogens is 1. The van der Waals surface area contributed by atoms with Crippen molar-refractivity contribution in [3.8, 4) is 0 Å². The fourth-order valence-electron chi connectivity index (χ4n) is 5.91. The molecule has 0 unspecified atom stereocenters. The van der Waals surface area contributed by atoms with Crippen LogP contribution in [0.5, 0.6) is 0 Å². The second-order valence-corrected chi connectivity index (χ2v) is 16.6. The van der Waals surface area contributed by atoms with Gasteiger partial charge in [0, 0.05) is 11.0 Å². The SMILES string of the molecule is CCC1(CC)COC2(OC1)C(CO[Si](c1ccccc1)(c1ccccc1)C(C)(C)C)=C(Br)C(=O)[C@H]1O[C@H]12. The molecule has 7 heteroatoms. The number of carbonyl (C=O) groups is 1. The molecule has 2 atom stereocenters. The Labute approximate surface area is 229 Å². The van der Waals surface area contributed by atoms with Crippen molar-refractivity contribution < 1.29 is 23.4 Å². The zero-order chi connectivity index (χ0) is 26.5. The van der Waals surface area contributed by atoms with Crippen LogP contribution in [0.2, 0.25) is 5.04 Å². The third kappa shape index (κ3) is 4.32. The molecular formula is C30H37BrO5Si. The quantitative estimate of drug-likeness (QED) is 0.334. The number of rotatable bonds is 7. The lowest BCUT2D eigenvalue weighted by Gasteiger charge is -2.48. The molecule has 0 radical (unpaired) electrons. The molecule has 1 spiro atoms. The second kappa shape index (κ2) is 9.85. The van der Waals surface area contributed by atoms with E-state index >= 15 is 0 Å². The summed E-state index contributed by atoms with van der Waals surface area (Å²) in [5.41, 5.74) is 0.665. The minimum absolute atomic E-state index is 0.0342. The van der Waals surface area contributed by atoms with E-state index in [4.69, 9.17) is 18.6 Å². The molecule has 3 aliphatic rings. The van der Waals surface area contributed by atoms with Crippen molar-refractivity contribution in [1.82, 2.24) is 0 Å². The number of fused-ring (bicyclic) bond motifs is 2. The molecule has 5 nitrogen and oxygen atoms in total. The van der Waals surface area contributed by atoms with E-state index in [1.54, 1.807) is 0 Å². The van der Waals surface area contributed by atoms with E-state index in [0.29, 0.717) is 23.3 Å². The van der Waals surface area contributed by atoms with Gasteiger partial charge in [0.1, 0.15) is 0 Å². The molecule has 2 aliphatic heterocycles. The molecule has 2 heterocycles. The molecule has 2 aromatic rings. The summed E-state index contributed by atoms with van der Waals surface area (Å²) in [6.07, 6.45) is 0.964. The predicted molar refractivity (Wildman–Crippen MR) is 151 cm³/mol. The first-order chi connectivity index (χ1) is 17.6. The van der Waals surface area contributed by atoms with Gasteiger partial charge in [-0.2, -0.15) is 0 Å². The van der Waals surface area contributed by atoms with Crippen molar-refractivity contribution in [3.05, 3.63) is 70.7 Å². The van der Waals surface area contributed by atoms with Crippen molar-refractivity contribution >= 4 is 40.4 Å². The van der Waals surface area contributed by atoms with Crippen LogP contribution in [0.25, 0.3) is 0 Å². The average molecular weight is 586 g/mol. The van der Waals surface area contributed by atoms with Gasteiger partial charge in [0.25, 0.3) is 8.32 Å². The van der Waals surface area contributed by atoms with E-state index in [2.05, 4.69) is 99.1 Å². The molecular weight excluding hydrogens is 548 g/mol. The highest BCUT2D eigenvalue weighted by Crippen LogP contribution is 2.53. The molecule has 0 N–H and O–H groups in total. The Kier molecular flexibility index (Phi) is 7.18. The number of hydrogen-bond acceptors (Lipinski definition) is 5. The zero-order valence-electron chi connectivity index (χ0n) is 22.4. The van der Waals surface area contributed by atoms with Crippen LogP contribution in [-0.4, -0.2) is 51.9 Å². The summed E-state index contributed by atoms with van der Waals surface area (Å²) in [5.74, 6) is -1.18. The lowest BCUT2D eigenvalue weighted by atomic mass is 9.81. The summed E-state index contributed by atoms with van der Waals surface area (Å²) in [5, 5.41) is 2.17. The van der Waals surface area contributed by atoms with Crippen molar-refractivity contribution in [1.29, 1.82) is 0 Å². The lowest BCUT2D eigenvalue weighted by molar-refractivity contribution is -0.294. The number of carbonyl (C=O) groups excluding carboxylic acids is 1.